The van der Waals surface area contributed by atoms with Crippen molar-refractivity contribution >= 4 is 52.5 Å². The lowest BCUT2D eigenvalue weighted by Gasteiger charge is -2.32. The Kier molecular flexibility index (Phi) is 10.9. The summed E-state index contributed by atoms with van der Waals surface area (Å²) in [4.78, 5) is 41.6. The van der Waals surface area contributed by atoms with Crippen LogP contribution in [-0.4, -0.2) is 87.4 Å². The summed E-state index contributed by atoms with van der Waals surface area (Å²) in [6.07, 6.45) is 1.52. The van der Waals surface area contributed by atoms with E-state index in [2.05, 4.69) is 25.2 Å². The van der Waals surface area contributed by atoms with Crippen molar-refractivity contribution in [3.8, 4) is 0 Å². The van der Waals surface area contributed by atoms with Crippen molar-refractivity contribution in [3.05, 3.63) is 57.5 Å². The van der Waals surface area contributed by atoms with Gasteiger partial charge in [-0.25, -0.2) is 14.8 Å². The van der Waals surface area contributed by atoms with Crippen molar-refractivity contribution in [3.63, 3.8) is 0 Å². The first-order chi connectivity index (χ1) is 19.8. The lowest BCUT2D eigenvalue weighted by Crippen LogP contribution is -2.37. The number of nitrogens with zero attached hydrogens (tertiary/aromatic N) is 4. The number of ether oxygens (including phenoxy) is 4. The van der Waals surface area contributed by atoms with E-state index in [1.807, 2.05) is 6.07 Å². The van der Waals surface area contributed by atoms with Crippen LogP contribution in [0.4, 0.5) is 11.6 Å². The molecule has 0 amide bonds. The minimum Gasteiger partial charge on any atom is -0.468 e. The van der Waals surface area contributed by atoms with Gasteiger partial charge in [0.2, 0.25) is 0 Å². The topological polar surface area (TPSA) is 124 Å². The second kappa shape index (κ2) is 14.6. The largest absolute Gasteiger partial charge is 0.468 e. The molecule has 13 heteroatoms. The molecule has 1 aromatic heterocycles. The quantitative estimate of drug-likeness (QED) is 0.297. The van der Waals surface area contributed by atoms with E-state index in [1.165, 1.54) is 13.4 Å². The third-order valence-electron chi connectivity index (χ3n) is 6.76. The summed E-state index contributed by atoms with van der Waals surface area (Å²) in [5, 5.41) is 3.76. The highest BCUT2D eigenvalue weighted by Crippen LogP contribution is 2.44. The Morgan fingerprint density at radius 2 is 1.98 bits per heavy atom. The molecule has 0 spiro atoms. The Morgan fingerprint density at radius 3 is 2.71 bits per heavy atom. The zero-order valence-electron chi connectivity index (χ0n) is 23.2. The van der Waals surface area contributed by atoms with Crippen LogP contribution in [0.15, 0.2) is 46.9 Å². The number of aromatic nitrogens is 2. The number of carbonyl (C=O) groups excluding carboxylic acids is 2. The van der Waals surface area contributed by atoms with Crippen LogP contribution in [0.3, 0.4) is 0 Å². The maximum atomic E-state index is 13.3. The van der Waals surface area contributed by atoms with E-state index >= 15 is 0 Å². The minimum absolute atomic E-state index is 0.00144. The Morgan fingerprint density at radius 1 is 1.20 bits per heavy atom. The summed E-state index contributed by atoms with van der Waals surface area (Å²) < 4.78 is 21.8. The fourth-order valence-electron chi connectivity index (χ4n) is 4.85. The van der Waals surface area contributed by atoms with Crippen LogP contribution >= 0.6 is 23.2 Å². The Bertz CT molecular complexity index is 1310. The van der Waals surface area contributed by atoms with Crippen molar-refractivity contribution < 1.29 is 28.5 Å². The number of esters is 2. The monoisotopic (exact) mass is 605 g/mol. The van der Waals surface area contributed by atoms with Gasteiger partial charge in [-0.2, -0.15) is 0 Å². The molecule has 11 nitrogen and oxygen atoms in total. The Balaban J connectivity index is 1.52. The first-order valence-electron chi connectivity index (χ1n) is 13.3. The van der Waals surface area contributed by atoms with Crippen LogP contribution in [0.25, 0.3) is 0 Å². The normalized spacial score (nSPS) is 19.0. The third-order valence-corrected chi connectivity index (χ3v) is 7.60. The summed E-state index contributed by atoms with van der Waals surface area (Å²) in [6, 6.07) is 6.95. The average Bonchev–Trinajstić information content (AvgIpc) is 2.98. The number of anilines is 2. The second-order valence-electron chi connectivity index (χ2n) is 9.30. The maximum Gasteiger partial charge on any atom is 0.336 e. The lowest BCUT2D eigenvalue weighted by atomic mass is 9.75. The zero-order chi connectivity index (χ0) is 29.4. The highest BCUT2D eigenvalue weighted by atomic mass is 35.5. The van der Waals surface area contributed by atoms with Gasteiger partial charge in [-0.1, -0.05) is 35.3 Å². The SMILES string of the molecule is CCOC(=O)C1=C(COCCNc2cc(N3CCOCC3)ncn2)N=C(C)C(C(=O)OC)C1c1cccc(Cl)c1Cl. The molecule has 1 aromatic carbocycles. The fourth-order valence-corrected chi connectivity index (χ4v) is 5.28. The summed E-state index contributed by atoms with van der Waals surface area (Å²) in [5.74, 6) is -1.42. The average molecular weight is 607 g/mol. The summed E-state index contributed by atoms with van der Waals surface area (Å²) >= 11 is 12.9. The molecule has 41 heavy (non-hydrogen) atoms. The molecule has 1 saturated heterocycles. The van der Waals surface area contributed by atoms with E-state index in [9.17, 15) is 9.59 Å². The lowest BCUT2D eigenvalue weighted by molar-refractivity contribution is -0.144. The molecule has 2 atom stereocenters. The number of rotatable bonds is 11. The molecule has 0 radical (unpaired) electrons. The van der Waals surface area contributed by atoms with Crippen molar-refractivity contribution in [1.82, 2.24) is 9.97 Å². The van der Waals surface area contributed by atoms with Crippen LogP contribution in [0.1, 0.15) is 25.3 Å². The number of methoxy groups -OCH3 is 1. The number of morpholine rings is 1. The van der Waals surface area contributed by atoms with E-state index in [1.54, 1.807) is 32.0 Å². The summed E-state index contributed by atoms with van der Waals surface area (Å²) in [6.45, 7) is 7.14. The van der Waals surface area contributed by atoms with Gasteiger partial charge in [0.1, 0.15) is 23.9 Å². The minimum atomic E-state index is -0.904. The Hall–Kier alpha value is -3.25. The molecular weight excluding hydrogens is 573 g/mol. The van der Waals surface area contributed by atoms with E-state index in [4.69, 9.17) is 42.1 Å². The molecule has 1 N–H and O–H groups in total. The molecule has 2 unspecified atom stereocenters. The van der Waals surface area contributed by atoms with Crippen LogP contribution in [0.5, 0.6) is 0 Å². The molecule has 0 saturated carbocycles. The number of halogens is 2. The first-order valence-corrected chi connectivity index (χ1v) is 14.0. The van der Waals surface area contributed by atoms with Crippen molar-refractivity contribution in [2.45, 2.75) is 19.8 Å². The molecule has 3 heterocycles. The molecule has 0 bridgehead atoms. The first kappa shape index (κ1) is 30.7. The molecule has 4 rings (SSSR count). The van der Waals surface area contributed by atoms with Gasteiger partial charge in [-0.15, -0.1) is 0 Å². The standard InChI is InChI=1S/C28H33Cl2N5O6/c1-4-41-28(37)25-20(15-40-11-8-31-21-14-22(33-16-32-21)35-9-12-39-13-10-35)34-17(2)23(27(36)38-3)24(25)18-6-5-7-19(29)26(18)30/h5-7,14,16,23-24H,4,8-13,15H2,1-3H3,(H,31,32,33). The third kappa shape index (κ3) is 7.34. The van der Waals surface area contributed by atoms with Gasteiger partial charge < -0.3 is 29.2 Å². The predicted octanol–water partition coefficient (Wildman–Crippen LogP) is 3.91. The molecular formula is C28H33Cl2N5O6. The summed E-state index contributed by atoms with van der Waals surface area (Å²) in [5.41, 5.74) is 1.47. The van der Waals surface area contributed by atoms with Crippen LogP contribution in [0.2, 0.25) is 10.0 Å². The number of carbonyl (C=O) groups is 2. The van der Waals surface area contributed by atoms with E-state index < -0.39 is 23.8 Å². The molecule has 220 valence electrons. The highest BCUT2D eigenvalue weighted by molar-refractivity contribution is 6.42. The number of nitrogens with one attached hydrogen (secondary N) is 1. The zero-order valence-corrected chi connectivity index (χ0v) is 24.7. The van der Waals surface area contributed by atoms with E-state index in [0.717, 1.165) is 18.9 Å². The highest BCUT2D eigenvalue weighted by Gasteiger charge is 2.44. The molecule has 2 aromatic rings. The predicted molar refractivity (Wildman–Crippen MR) is 156 cm³/mol. The molecule has 2 aliphatic rings. The maximum absolute atomic E-state index is 13.3. The van der Waals surface area contributed by atoms with Crippen molar-refractivity contribution in [2.75, 3.05) is 70.0 Å². The number of aliphatic imine (C=N–C) groups is 1. The molecule has 2 aliphatic heterocycles. The van der Waals surface area contributed by atoms with Crippen molar-refractivity contribution in [1.29, 1.82) is 0 Å². The van der Waals surface area contributed by atoms with Gasteiger partial charge in [0.15, 0.2) is 0 Å². The van der Waals surface area contributed by atoms with Gasteiger partial charge in [0.25, 0.3) is 0 Å². The summed E-state index contributed by atoms with van der Waals surface area (Å²) in [7, 11) is 1.28. The van der Waals surface area contributed by atoms with Gasteiger partial charge in [0, 0.05) is 37.3 Å². The van der Waals surface area contributed by atoms with E-state index in [0.29, 0.717) is 47.6 Å². The number of benzene rings is 1. The van der Waals surface area contributed by atoms with Crippen LogP contribution < -0.4 is 10.2 Å². The van der Waals surface area contributed by atoms with Crippen molar-refractivity contribution in [2.24, 2.45) is 10.9 Å². The van der Waals surface area contributed by atoms with Gasteiger partial charge in [-0.05, 0) is 25.5 Å². The molecule has 0 aliphatic carbocycles. The van der Waals surface area contributed by atoms with Gasteiger partial charge >= 0.3 is 11.9 Å². The Labute approximate surface area is 248 Å². The van der Waals surface area contributed by atoms with Gasteiger partial charge in [-0.3, -0.25) is 9.79 Å². The van der Waals surface area contributed by atoms with Crippen LogP contribution in [-0.2, 0) is 28.5 Å². The van der Waals surface area contributed by atoms with Crippen LogP contribution in [0, 0.1) is 5.92 Å². The number of hydrogen-bond donors (Lipinski definition) is 1. The smallest absolute Gasteiger partial charge is 0.336 e. The van der Waals surface area contributed by atoms with E-state index in [-0.39, 0.29) is 30.4 Å². The number of hydrogen-bond acceptors (Lipinski definition) is 11. The second-order valence-corrected chi connectivity index (χ2v) is 10.1. The van der Waals surface area contributed by atoms with Gasteiger partial charge in [0.05, 0.1) is 61.5 Å². The molecule has 1 fully saturated rings. The fraction of sp³-hybridized carbons (Fsp3) is 0.464.